The summed E-state index contributed by atoms with van der Waals surface area (Å²) >= 11 is 0. The molecule has 0 aliphatic heterocycles. The van der Waals surface area contributed by atoms with Crippen molar-refractivity contribution in [1.29, 1.82) is 0 Å². The highest BCUT2D eigenvalue weighted by atomic mass is 16.5. The van der Waals surface area contributed by atoms with Crippen molar-refractivity contribution in [2.75, 3.05) is 14.2 Å². The molecule has 4 heteroatoms. The number of ether oxygens (including phenoxy) is 2. The van der Waals surface area contributed by atoms with Crippen molar-refractivity contribution in [2.24, 2.45) is 0 Å². The van der Waals surface area contributed by atoms with Crippen LogP contribution in [0.2, 0.25) is 0 Å². The van der Waals surface area contributed by atoms with Gasteiger partial charge in [-0.05, 0) is 18.9 Å². The Morgan fingerprint density at radius 1 is 1.35 bits per heavy atom. The van der Waals surface area contributed by atoms with Gasteiger partial charge in [0, 0.05) is 12.1 Å². The molecule has 0 unspecified atom stereocenters. The number of pyridine rings is 1. The Balaban J connectivity index is 2.41. The molecule has 92 valence electrons. The number of hydrogen-bond donors (Lipinski definition) is 0. The van der Waals surface area contributed by atoms with E-state index in [0.717, 1.165) is 18.5 Å². The van der Waals surface area contributed by atoms with Gasteiger partial charge in [0.25, 0.3) is 0 Å². The van der Waals surface area contributed by atoms with Gasteiger partial charge in [0.2, 0.25) is 0 Å². The molecule has 0 saturated heterocycles. The third-order valence-corrected chi connectivity index (χ3v) is 3.28. The van der Waals surface area contributed by atoms with Crippen molar-refractivity contribution in [3.63, 3.8) is 0 Å². The second-order valence-electron chi connectivity index (χ2n) is 4.25. The van der Waals surface area contributed by atoms with Gasteiger partial charge in [0.1, 0.15) is 5.56 Å². The third kappa shape index (κ3) is 2.25. The molecular formula is C13H17NO3. The molecule has 1 aliphatic carbocycles. The van der Waals surface area contributed by atoms with Gasteiger partial charge in [-0.15, -0.1) is 0 Å². The predicted molar refractivity (Wildman–Crippen MR) is 63.3 cm³/mol. The topological polar surface area (TPSA) is 48.4 Å². The summed E-state index contributed by atoms with van der Waals surface area (Å²) in [6, 6.07) is 1.64. The summed E-state index contributed by atoms with van der Waals surface area (Å²) in [6.07, 6.45) is 6.33. The minimum absolute atomic E-state index is 0.372. The molecule has 0 atom stereocenters. The lowest BCUT2D eigenvalue weighted by Gasteiger charge is -2.15. The molecule has 1 aromatic heterocycles. The molecule has 0 amide bonds. The molecule has 0 spiro atoms. The number of methoxy groups -OCH3 is 2. The molecule has 4 nitrogen and oxygen atoms in total. The molecule has 1 saturated carbocycles. The van der Waals surface area contributed by atoms with Crippen LogP contribution in [-0.2, 0) is 4.74 Å². The molecule has 1 fully saturated rings. The van der Waals surface area contributed by atoms with Crippen LogP contribution in [0, 0.1) is 0 Å². The number of nitrogens with zero attached hydrogens (tertiary/aromatic N) is 1. The summed E-state index contributed by atoms with van der Waals surface area (Å²) in [7, 11) is 2.94. The largest absolute Gasteiger partial charge is 0.494 e. The Morgan fingerprint density at radius 2 is 2.06 bits per heavy atom. The van der Waals surface area contributed by atoms with Gasteiger partial charge in [0.15, 0.2) is 5.75 Å². The smallest absolute Gasteiger partial charge is 0.341 e. The third-order valence-electron chi connectivity index (χ3n) is 3.28. The van der Waals surface area contributed by atoms with Crippen molar-refractivity contribution in [3.05, 3.63) is 23.5 Å². The first kappa shape index (κ1) is 11.9. The maximum atomic E-state index is 11.6. The first-order valence-electron chi connectivity index (χ1n) is 5.89. The van der Waals surface area contributed by atoms with E-state index in [2.05, 4.69) is 4.98 Å². The van der Waals surface area contributed by atoms with Gasteiger partial charge in [-0.3, -0.25) is 4.98 Å². The van der Waals surface area contributed by atoms with E-state index in [9.17, 15) is 4.79 Å². The number of carbonyl (C=O) groups is 1. The van der Waals surface area contributed by atoms with Crippen molar-refractivity contribution in [3.8, 4) is 5.75 Å². The average molecular weight is 235 g/mol. The summed E-state index contributed by atoms with van der Waals surface area (Å²) in [5.41, 5.74) is 1.36. The standard InChI is InChI=1S/C13H17NO3/c1-16-12-10(13(15)17-2)7-8-14-11(12)9-5-3-4-6-9/h7-9H,3-6H2,1-2H3. The highest BCUT2D eigenvalue weighted by molar-refractivity contribution is 5.92. The van der Waals surface area contributed by atoms with Gasteiger partial charge in [-0.2, -0.15) is 0 Å². The Bertz CT molecular complexity index is 411. The maximum absolute atomic E-state index is 11.6. The van der Waals surface area contributed by atoms with Crippen molar-refractivity contribution in [2.45, 2.75) is 31.6 Å². The molecule has 1 heterocycles. The van der Waals surface area contributed by atoms with Crippen LogP contribution < -0.4 is 4.74 Å². The van der Waals surface area contributed by atoms with E-state index in [1.165, 1.54) is 20.0 Å². The predicted octanol–water partition coefficient (Wildman–Crippen LogP) is 2.53. The summed E-state index contributed by atoms with van der Waals surface area (Å²) < 4.78 is 10.1. The normalized spacial score (nSPS) is 15.9. The summed E-state index contributed by atoms with van der Waals surface area (Å²) in [4.78, 5) is 16.0. The van der Waals surface area contributed by atoms with Crippen molar-refractivity contribution < 1.29 is 14.3 Å². The number of esters is 1. The monoisotopic (exact) mass is 235 g/mol. The van der Waals surface area contributed by atoms with Crippen LogP contribution in [0.1, 0.15) is 47.7 Å². The Kier molecular flexibility index (Phi) is 3.61. The van der Waals surface area contributed by atoms with Crippen LogP contribution in [-0.4, -0.2) is 25.2 Å². The van der Waals surface area contributed by atoms with E-state index in [1.54, 1.807) is 19.4 Å². The fourth-order valence-corrected chi connectivity index (χ4v) is 2.44. The maximum Gasteiger partial charge on any atom is 0.341 e. The van der Waals surface area contributed by atoms with Gasteiger partial charge >= 0.3 is 5.97 Å². The fourth-order valence-electron chi connectivity index (χ4n) is 2.44. The molecule has 0 N–H and O–H groups in total. The molecule has 17 heavy (non-hydrogen) atoms. The molecule has 1 aromatic rings. The number of rotatable bonds is 3. The number of hydrogen-bond acceptors (Lipinski definition) is 4. The molecular weight excluding hydrogens is 218 g/mol. The van der Waals surface area contributed by atoms with Gasteiger partial charge in [0.05, 0.1) is 19.9 Å². The summed E-state index contributed by atoms with van der Waals surface area (Å²) in [5.74, 6) is 0.615. The molecule has 0 aromatic carbocycles. The minimum atomic E-state index is -0.372. The SMILES string of the molecule is COC(=O)c1ccnc(C2CCCC2)c1OC. The van der Waals surface area contributed by atoms with Gasteiger partial charge < -0.3 is 9.47 Å². The molecule has 2 rings (SSSR count). The van der Waals surface area contributed by atoms with Crippen LogP contribution in [0.5, 0.6) is 5.75 Å². The second kappa shape index (κ2) is 5.17. The van der Waals surface area contributed by atoms with Gasteiger partial charge in [-0.1, -0.05) is 12.8 Å². The number of aromatic nitrogens is 1. The lowest BCUT2D eigenvalue weighted by Crippen LogP contribution is -2.09. The van der Waals surface area contributed by atoms with E-state index in [-0.39, 0.29) is 5.97 Å². The van der Waals surface area contributed by atoms with E-state index in [1.807, 2.05) is 0 Å². The average Bonchev–Trinajstić information content (AvgIpc) is 2.90. The van der Waals surface area contributed by atoms with Crippen LogP contribution >= 0.6 is 0 Å². The van der Waals surface area contributed by atoms with Gasteiger partial charge in [-0.25, -0.2) is 4.79 Å². The van der Waals surface area contributed by atoms with Crippen LogP contribution in [0.15, 0.2) is 12.3 Å². The molecule has 0 radical (unpaired) electrons. The highest BCUT2D eigenvalue weighted by Gasteiger charge is 2.25. The highest BCUT2D eigenvalue weighted by Crippen LogP contribution is 2.38. The van der Waals surface area contributed by atoms with Crippen molar-refractivity contribution in [1.82, 2.24) is 4.98 Å². The first-order chi connectivity index (χ1) is 8.27. The summed E-state index contributed by atoms with van der Waals surface area (Å²) in [6.45, 7) is 0. The van der Waals surface area contributed by atoms with Crippen LogP contribution in [0.4, 0.5) is 0 Å². The van der Waals surface area contributed by atoms with Crippen LogP contribution in [0.25, 0.3) is 0 Å². The Morgan fingerprint density at radius 3 is 2.65 bits per heavy atom. The molecule has 1 aliphatic rings. The Labute approximate surface area is 101 Å². The lowest BCUT2D eigenvalue weighted by atomic mass is 10.0. The lowest BCUT2D eigenvalue weighted by molar-refractivity contribution is 0.0596. The van der Waals surface area contributed by atoms with Crippen molar-refractivity contribution >= 4 is 5.97 Å². The molecule has 0 bridgehead atoms. The number of carbonyl (C=O) groups excluding carboxylic acids is 1. The van der Waals surface area contributed by atoms with Crippen LogP contribution in [0.3, 0.4) is 0 Å². The van der Waals surface area contributed by atoms with E-state index >= 15 is 0 Å². The zero-order chi connectivity index (χ0) is 12.3. The fraction of sp³-hybridized carbons (Fsp3) is 0.538. The minimum Gasteiger partial charge on any atom is -0.494 e. The zero-order valence-corrected chi connectivity index (χ0v) is 10.2. The van der Waals surface area contributed by atoms with E-state index in [4.69, 9.17) is 9.47 Å². The Hall–Kier alpha value is -1.58. The first-order valence-corrected chi connectivity index (χ1v) is 5.89. The second-order valence-corrected chi connectivity index (χ2v) is 4.25. The zero-order valence-electron chi connectivity index (χ0n) is 10.2. The van der Waals surface area contributed by atoms with E-state index < -0.39 is 0 Å². The van der Waals surface area contributed by atoms with E-state index in [0.29, 0.717) is 17.2 Å². The quantitative estimate of drug-likeness (QED) is 0.755. The summed E-state index contributed by atoms with van der Waals surface area (Å²) in [5, 5.41) is 0.